The van der Waals surface area contributed by atoms with Gasteiger partial charge in [-0.2, -0.15) is 0 Å². The van der Waals surface area contributed by atoms with Gasteiger partial charge in [-0.1, -0.05) is 44.2 Å². The van der Waals surface area contributed by atoms with E-state index in [2.05, 4.69) is 0 Å². The van der Waals surface area contributed by atoms with E-state index >= 15 is 0 Å². The molecule has 0 saturated carbocycles. The maximum absolute atomic E-state index is 12.4. The van der Waals surface area contributed by atoms with Crippen LogP contribution in [-0.4, -0.2) is 23.6 Å². The lowest BCUT2D eigenvalue weighted by molar-refractivity contribution is 0.0454. The Bertz CT molecular complexity index is 757. The summed E-state index contributed by atoms with van der Waals surface area (Å²) in [5.74, 6) is 0.0474. The molecular weight excluding hydrogens is 364 g/mol. The first-order valence-corrected chi connectivity index (χ1v) is 9.66. The molecule has 2 rings (SSSR count). The third-order valence-electron chi connectivity index (χ3n) is 4.25. The van der Waals surface area contributed by atoms with E-state index in [0.29, 0.717) is 37.7 Å². The Balaban J connectivity index is 2.20. The number of hydrogen-bond acceptors (Lipinski definition) is 4. The number of phenolic OH excluding ortho intramolecular Hbond substituents is 1. The number of phenols is 1. The Hall–Kier alpha value is -2.04. The predicted molar refractivity (Wildman–Crippen MR) is 107 cm³/mol. The number of ether oxygens (including phenoxy) is 2. The highest BCUT2D eigenvalue weighted by Gasteiger charge is 2.21. The smallest absolute Gasteiger partial charge is 0.342 e. The van der Waals surface area contributed by atoms with Crippen LogP contribution in [0.2, 0.25) is 0 Å². The minimum atomic E-state index is -0.508. The molecular formula is C22H27ClO4. The second-order valence-electron chi connectivity index (χ2n) is 6.94. The van der Waals surface area contributed by atoms with Crippen molar-refractivity contribution in [2.45, 2.75) is 40.4 Å². The van der Waals surface area contributed by atoms with Crippen molar-refractivity contribution in [3.63, 3.8) is 0 Å². The van der Waals surface area contributed by atoms with Gasteiger partial charge < -0.3 is 14.6 Å². The van der Waals surface area contributed by atoms with E-state index in [1.807, 2.05) is 51.1 Å². The van der Waals surface area contributed by atoms with Gasteiger partial charge in [-0.3, -0.25) is 0 Å². The molecule has 0 atom stereocenters. The predicted octanol–water partition coefficient (Wildman–Crippen LogP) is 5.01. The maximum Gasteiger partial charge on any atom is 0.342 e. The van der Waals surface area contributed by atoms with Crippen LogP contribution in [-0.2, 0) is 29.1 Å². The van der Waals surface area contributed by atoms with Crippen LogP contribution in [0.4, 0.5) is 0 Å². The first-order valence-electron chi connectivity index (χ1n) is 9.13. The SMILES string of the molecule is Cc1c(CCCl)c(COCc2ccccc2)cc(O)c1C(=O)OCC(C)C. The number of esters is 1. The van der Waals surface area contributed by atoms with Crippen molar-refractivity contribution in [2.24, 2.45) is 5.92 Å². The summed E-state index contributed by atoms with van der Waals surface area (Å²) < 4.78 is 11.1. The second kappa shape index (κ2) is 10.3. The minimum Gasteiger partial charge on any atom is -0.507 e. The molecule has 0 aliphatic heterocycles. The number of carbonyl (C=O) groups is 1. The van der Waals surface area contributed by atoms with Gasteiger partial charge in [0.25, 0.3) is 0 Å². The van der Waals surface area contributed by atoms with Crippen LogP contribution in [0.1, 0.15) is 46.5 Å². The van der Waals surface area contributed by atoms with E-state index in [4.69, 9.17) is 21.1 Å². The minimum absolute atomic E-state index is 0.0853. The summed E-state index contributed by atoms with van der Waals surface area (Å²) in [7, 11) is 0. The van der Waals surface area contributed by atoms with Gasteiger partial charge in [0.05, 0.1) is 19.8 Å². The third kappa shape index (κ3) is 5.98. The number of carbonyl (C=O) groups excluding carboxylic acids is 1. The third-order valence-corrected chi connectivity index (χ3v) is 4.44. The maximum atomic E-state index is 12.4. The van der Waals surface area contributed by atoms with E-state index in [-0.39, 0.29) is 17.2 Å². The fraction of sp³-hybridized carbons (Fsp3) is 0.409. The summed E-state index contributed by atoms with van der Waals surface area (Å²) in [5, 5.41) is 10.4. The van der Waals surface area contributed by atoms with Gasteiger partial charge >= 0.3 is 5.97 Å². The summed E-state index contributed by atoms with van der Waals surface area (Å²) in [6.07, 6.45) is 0.585. The molecule has 0 aromatic heterocycles. The molecule has 0 unspecified atom stereocenters. The van der Waals surface area contributed by atoms with E-state index in [1.54, 1.807) is 6.07 Å². The molecule has 0 spiro atoms. The van der Waals surface area contributed by atoms with Crippen molar-refractivity contribution < 1.29 is 19.4 Å². The molecule has 0 radical (unpaired) electrons. The number of halogens is 1. The van der Waals surface area contributed by atoms with Gasteiger partial charge in [0, 0.05) is 5.88 Å². The number of rotatable bonds is 9. The normalized spacial score (nSPS) is 11.0. The second-order valence-corrected chi connectivity index (χ2v) is 7.32. The van der Waals surface area contributed by atoms with Gasteiger partial charge in [0.1, 0.15) is 11.3 Å². The van der Waals surface area contributed by atoms with Crippen LogP contribution >= 0.6 is 11.6 Å². The van der Waals surface area contributed by atoms with Crippen LogP contribution in [0, 0.1) is 12.8 Å². The molecule has 146 valence electrons. The lowest BCUT2D eigenvalue weighted by atomic mass is 9.94. The molecule has 0 bridgehead atoms. The molecule has 0 aliphatic carbocycles. The van der Waals surface area contributed by atoms with Gasteiger partial charge in [0.2, 0.25) is 0 Å². The highest BCUT2D eigenvalue weighted by Crippen LogP contribution is 2.30. The standard InChI is InChI=1S/C22H27ClO4/c1-15(2)12-27-22(25)21-16(3)19(9-10-23)18(11-20(21)24)14-26-13-17-7-5-4-6-8-17/h4-8,11,15,24H,9-10,12-14H2,1-3H3. The van der Waals surface area contributed by atoms with Crippen molar-refractivity contribution in [1.82, 2.24) is 0 Å². The zero-order chi connectivity index (χ0) is 19.8. The molecule has 5 heteroatoms. The highest BCUT2D eigenvalue weighted by molar-refractivity contribution is 6.18. The molecule has 2 aromatic carbocycles. The van der Waals surface area contributed by atoms with Gasteiger partial charge in [0.15, 0.2) is 0 Å². The van der Waals surface area contributed by atoms with Gasteiger partial charge in [-0.05, 0) is 47.6 Å². The van der Waals surface area contributed by atoms with Crippen LogP contribution in [0.5, 0.6) is 5.75 Å². The molecule has 0 heterocycles. The van der Waals surface area contributed by atoms with Crippen LogP contribution in [0.15, 0.2) is 36.4 Å². The average molecular weight is 391 g/mol. The summed E-state index contributed by atoms with van der Waals surface area (Å²) in [4.78, 5) is 12.4. The zero-order valence-electron chi connectivity index (χ0n) is 16.1. The molecule has 4 nitrogen and oxygen atoms in total. The Labute approximate surface area is 166 Å². The van der Waals surface area contributed by atoms with Crippen molar-refractivity contribution >= 4 is 17.6 Å². The lowest BCUT2D eigenvalue weighted by Crippen LogP contribution is -2.14. The average Bonchev–Trinajstić information content (AvgIpc) is 2.64. The van der Waals surface area contributed by atoms with Gasteiger partial charge in [-0.15, -0.1) is 11.6 Å². The summed E-state index contributed by atoms with van der Waals surface area (Å²) in [6.45, 7) is 6.85. The molecule has 0 fully saturated rings. The Morgan fingerprint density at radius 1 is 1.19 bits per heavy atom. The quantitative estimate of drug-likeness (QED) is 0.483. The van der Waals surface area contributed by atoms with Crippen LogP contribution in [0.3, 0.4) is 0 Å². The summed E-state index contributed by atoms with van der Waals surface area (Å²) in [5.41, 5.74) is 3.74. The molecule has 2 aromatic rings. The molecule has 0 aliphatic rings. The van der Waals surface area contributed by atoms with Crippen LogP contribution in [0.25, 0.3) is 0 Å². The summed E-state index contributed by atoms with van der Waals surface area (Å²) in [6, 6.07) is 11.5. The Morgan fingerprint density at radius 2 is 1.89 bits per heavy atom. The molecule has 27 heavy (non-hydrogen) atoms. The molecule has 1 N–H and O–H groups in total. The number of alkyl halides is 1. The fourth-order valence-corrected chi connectivity index (χ4v) is 3.09. The largest absolute Gasteiger partial charge is 0.507 e. The van der Waals surface area contributed by atoms with Gasteiger partial charge in [-0.25, -0.2) is 4.79 Å². The first-order chi connectivity index (χ1) is 12.9. The monoisotopic (exact) mass is 390 g/mol. The van der Waals surface area contributed by atoms with Crippen molar-refractivity contribution in [1.29, 1.82) is 0 Å². The van der Waals surface area contributed by atoms with Crippen molar-refractivity contribution in [2.75, 3.05) is 12.5 Å². The van der Waals surface area contributed by atoms with Crippen molar-refractivity contribution in [3.8, 4) is 5.75 Å². The molecule has 0 amide bonds. The first kappa shape index (κ1) is 21.3. The molecule has 0 saturated heterocycles. The van der Waals surface area contributed by atoms with E-state index in [9.17, 15) is 9.90 Å². The van der Waals surface area contributed by atoms with Crippen molar-refractivity contribution in [3.05, 3.63) is 64.2 Å². The highest BCUT2D eigenvalue weighted by atomic mass is 35.5. The van der Waals surface area contributed by atoms with E-state index < -0.39 is 5.97 Å². The number of benzene rings is 2. The summed E-state index contributed by atoms with van der Waals surface area (Å²) >= 11 is 5.96. The Kier molecular flexibility index (Phi) is 8.14. The Morgan fingerprint density at radius 3 is 2.52 bits per heavy atom. The number of hydrogen-bond donors (Lipinski definition) is 1. The lowest BCUT2D eigenvalue weighted by Gasteiger charge is -2.18. The zero-order valence-corrected chi connectivity index (χ0v) is 16.9. The van der Waals surface area contributed by atoms with E-state index in [0.717, 1.165) is 16.7 Å². The topological polar surface area (TPSA) is 55.8 Å². The number of aromatic hydroxyl groups is 1. The van der Waals surface area contributed by atoms with E-state index in [1.165, 1.54) is 0 Å². The van der Waals surface area contributed by atoms with Crippen LogP contribution < -0.4 is 0 Å². The fourth-order valence-electron chi connectivity index (χ4n) is 2.90.